The molecule has 0 aliphatic heterocycles. The van der Waals surface area contributed by atoms with Crippen molar-refractivity contribution in [2.75, 3.05) is 5.32 Å². The van der Waals surface area contributed by atoms with E-state index < -0.39 is 0 Å². The van der Waals surface area contributed by atoms with Crippen LogP contribution in [-0.2, 0) is 6.54 Å². The summed E-state index contributed by atoms with van der Waals surface area (Å²) in [6, 6.07) is 6.30. The fourth-order valence-electron chi connectivity index (χ4n) is 2.01. The van der Waals surface area contributed by atoms with Crippen LogP contribution in [0, 0.1) is 20.8 Å². The van der Waals surface area contributed by atoms with Gasteiger partial charge in [-0.1, -0.05) is 18.2 Å². The summed E-state index contributed by atoms with van der Waals surface area (Å²) in [5.41, 5.74) is 4.69. The second kappa shape index (κ2) is 4.62. The van der Waals surface area contributed by atoms with Gasteiger partial charge in [0, 0.05) is 18.4 Å². The summed E-state index contributed by atoms with van der Waals surface area (Å²) in [4.78, 5) is 4.51. The monoisotopic (exact) mass is 229 g/mol. The molecule has 3 nitrogen and oxygen atoms in total. The number of benzene rings is 1. The minimum absolute atomic E-state index is 0.919. The lowest BCUT2D eigenvalue weighted by Crippen LogP contribution is -2.03. The van der Waals surface area contributed by atoms with Crippen LogP contribution in [0.25, 0.3) is 0 Å². The number of anilines is 2. The molecule has 2 aromatic rings. The van der Waals surface area contributed by atoms with Crippen molar-refractivity contribution in [2.45, 2.75) is 34.2 Å². The Hall–Kier alpha value is -1.77. The van der Waals surface area contributed by atoms with E-state index in [9.17, 15) is 0 Å². The van der Waals surface area contributed by atoms with Crippen LogP contribution in [0.4, 0.5) is 11.6 Å². The Balaban J connectivity index is 2.37. The van der Waals surface area contributed by atoms with Crippen LogP contribution in [0.2, 0.25) is 0 Å². The molecular weight excluding hydrogens is 210 g/mol. The highest BCUT2D eigenvalue weighted by Gasteiger charge is 2.07. The van der Waals surface area contributed by atoms with Gasteiger partial charge in [-0.3, -0.25) is 0 Å². The first-order valence-electron chi connectivity index (χ1n) is 5.99. The SMILES string of the molecule is CCn1cc(C)nc1Nc1c(C)cccc1C. The van der Waals surface area contributed by atoms with Crippen molar-refractivity contribution in [3.8, 4) is 0 Å². The quantitative estimate of drug-likeness (QED) is 0.872. The summed E-state index contributed by atoms with van der Waals surface area (Å²) < 4.78 is 2.13. The molecule has 0 saturated carbocycles. The largest absolute Gasteiger partial charge is 0.325 e. The zero-order valence-electron chi connectivity index (χ0n) is 10.9. The molecule has 0 aliphatic carbocycles. The molecule has 0 amide bonds. The highest BCUT2D eigenvalue weighted by Crippen LogP contribution is 2.23. The number of rotatable bonds is 3. The van der Waals surface area contributed by atoms with Gasteiger partial charge in [0.1, 0.15) is 0 Å². The standard InChI is InChI=1S/C14H19N3/c1-5-17-9-12(4)15-14(17)16-13-10(2)7-6-8-11(13)3/h6-9H,5H2,1-4H3,(H,15,16). The molecule has 90 valence electrons. The van der Waals surface area contributed by atoms with Crippen molar-refractivity contribution in [1.29, 1.82) is 0 Å². The van der Waals surface area contributed by atoms with Gasteiger partial charge >= 0.3 is 0 Å². The Morgan fingerprint density at radius 1 is 1.18 bits per heavy atom. The molecule has 1 aromatic carbocycles. The molecule has 0 atom stereocenters. The summed E-state index contributed by atoms with van der Waals surface area (Å²) in [5, 5.41) is 3.43. The topological polar surface area (TPSA) is 29.9 Å². The van der Waals surface area contributed by atoms with Crippen LogP contribution in [0.15, 0.2) is 24.4 Å². The van der Waals surface area contributed by atoms with Crippen LogP contribution in [-0.4, -0.2) is 9.55 Å². The smallest absolute Gasteiger partial charge is 0.207 e. The van der Waals surface area contributed by atoms with Crippen molar-refractivity contribution in [3.05, 3.63) is 41.2 Å². The fourth-order valence-corrected chi connectivity index (χ4v) is 2.01. The first-order valence-corrected chi connectivity index (χ1v) is 5.99. The van der Waals surface area contributed by atoms with Crippen molar-refractivity contribution >= 4 is 11.6 Å². The van der Waals surface area contributed by atoms with E-state index in [4.69, 9.17) is 0 Å². The van der Waals surface area contributed by atoms with Crippen LogP contribution < -0.4 is 5.32 Å². The Morgan fingerprint density at radius 3 is 2.41 bits per heavy atom. The molecule has 17 heavy (non-hydrogen) atoms. The molecule has 1 heterocycles. The molecule has 3 heteroatoms. The molecule has 0 fully saturated rings. The van der Waals surface area contributed by atoms with Gasteiger partial charge in [0.15, 0.2) is 0 Å². The molecule has 1 N–H and O–H groups in total. The lowest BCUT2D eigenvalue weighted by atomic mass is 10.1. The average Bonchev–Trinajstić information content (AvgIpc) is 2.64. The Bertz CT molecular complexity index is 506. The molecule has 0 bridgehead atoms. The zero-order valence-corrected chi connectivity index (χ0v) is 10.9. The van der Waals surface area contributed by atoms with Crippen molar-refractivity contribution in [1.82, 2.24) is 9.55 Å². The molecule has 0 saturated heterocycles. The number of aromatic nitrogens is 2. The van der Waals surface area contributed by atoms with E-state index in [2.05, 4.69) is 60.0 Å². The summed E-state index contributed by atoms with van der Waals surface area (Å²) in [7, 11) is 0. The number of nitrogens with zero attached hydrogens (tertiary/aromatic N) is 2. The normalized spacial score (nSPS) is 10.6. The molecule has 0 aliphatic rings. The minimum atomic E-state index is 0.919. The van der Waals surface area contributed by atoms with Crippen molar-refractivity contribution in [3.63, 3.8) is 0 Å². The van der Waals surface area contributed by atoms with Crippen LogP contribution >= 0.6 is 0 Å². The summed E-state index contributed by atoms with van der Waals surface area (Å²) in [5.74, 6) is 0.919. The van der Waals surface area contributed by atoms with Gasteiger partial charge in [-0.25, -0.2) is 4.98 Å². The van der Waals surface area contributed by atoms with E-state index in [1.807, 2.05) is 6.92 Å². The number of aryl methyl sites for hydroxylation is 4. The summed E-state index contributed by atoms with van der Waals surface area (Å²) >= 11 is 0. The molecule has 0 radical (unpaired) electrons. The van der Waals surface area contributed by atoms with Crippen LogP contribution in [0.3, 0.4) is 0 Å². The second-order valence-corrected chi connectivity index (χ2v) is 4.38. The number of hydrogen-bond acceptors (Lipinski definition) is 2. The molecule has 0 spiro atoms. The predicted octanol–water partition coefficient (Wildman–Crippen LogP) is 3.57. The van der Waals surface area contributed by atoms with E-state index in [0.717, 1.165) is 23.9 Å². The highest BCUT2D eigenvalue weighted by atomic mass is 15.2. The third kappa shape index (κ3) is 2.33. The Labute approximate surface area is 103 Å². The number of para-hydroxylation sites is 1. The Kier molecular flexibility index (Phi) is 3.18. The van der Waals surface area contributed by atoms with Gasteiger partial charge in [0.05, 0.1) is 5.69 Å². The van der Waals surface area contributed by atoms with Gasteiger partial charge in [-0.2, -0.15) is 0 Å². The maximum atomic E-state index is 4.51. The van der Waals surface area contributed by atoms with E-state index in [0.29, 0.717) is 0 Å². The van der Waals surface area contributed by atoms with Crippen LogP contribution in [0.5, 0.6) is 0 Å². The third-order valence-corrected chi connectivity index (χ3v) is 2.96. The summed E-state index contributed by atoms with van der Waals surface area (Å²) in [6.45, 7) is 9.29. The highest BCUT2D eigenvalue weighted by molar-refractivity contribution is 5.63. The average molecular weight is 229 g/mol. The van der Waals surface area contributed by atoms with Crippen molar-refractivity contribution < 1.29 is 0 Å². The van der Waals surface area contributed by atoms with Gasteiger partial charge in [0.25, 0.3) is 0 Å². The van der Waals surface area contributed by atoms with E-state index in [1.54, 1.807) is 0 Å². The molecular formula is C14H19N3. The summed E-state index contributed by atoms with van der Waals surface area (Å²) in [6.07, 6.45) is 2.07. The maximum absolute atomic E-state index is 4.51. The molecule has 2 rings (SSSR count). The van der Waals surface area contributed by atoms with Crippen molar-refractivity contribution in [2.24, 2.45) is 0 Å². The van der Waals surface area contributed by atoms with Gasteiger partial charge in [-0.15, -0.1) is 0 Å². The van der Waals surface area contributed by atoms with Crippen LogP contribution in [0.1, 0.15) is 23.7 Å². The fraction of sp³-hybridized carbons (Fsp3) is 0.357. The van der Waals surface area contributed by atoms with Gasteiger partial charge < -0.3 is 9.88 Å². The third-order valence-electron chi connectivity index (χ3n) is 2.96. The number of hydrogen-bond donors (Lipinski definition) is 1. The zero-order chi connectivity index (χ0) is 12.4. The predicted molar refractivity (Wildman–Crippen MR) is 71.8 cm³/mol. The van der Waals surface area contributed by atoms with E-state index in [-0.39, 0.29) is 0 Å². The first-order chi connectivity index (χ1) is 8.11. The van der Waals surface area contributed by atoms with E-state index >= 15 is 0 Å². The van der Waals surface area contributed by atoms with E-state index in [1.165, 1.54) is 11.1 Å². The molecule has 0 unspecified atom stereocenters. The number of nitrogens with one attached hydrogen (secondary N) is 1. The lowest BCUT2D eigenvalue weighted by molar-refractivity contribution is 0.771. The lowest BCUT2D eigenvalue weighted by Gasteiger charge is -2.12. The molecule has 1 aromatic heterocycles. The second-order valence-electron chi connectivity index (χ2n) is 4.38. The Morgan fingerprint density at radius 2 is 1.82 bits per heavy atom. The van der Waals surface area contributed by atoms with Gasteiger partial charge in [-0.05, 0) is 38.8 Å². The maximum Gasteiger partial charge on any atom is 0.207 e. The first kappa shape index (κ1) is 11.7. The number of imidazole rings is 1. The van der Waals surface area contributed by atoms with Gasteiger partial charge in [0.2, 0.25) is 5.95 Å². The minimum Gasteiger partial charge on any atom is -0.325 e.